The zero-order valence-electron chi connectivity index (χ0n) is 13.3. The Labute approximate surface area is 119 Å². The first-order valence-corrected chi connectivity index (χ1v) is 7.96. The molecule has 0 bridgehead atoms. The lowest BCUT2D eigenvalue weighted by atomic mass is 9.75. The number of hydrogen-bond donors (Lipinski definition) is 1. The highest BCUT2D eigenvalue weighted by atomic mass is 16.5. The van der Waals surface area contributed by atoms with Crippen LogP contribution in [-0.2, 0) is 9.47 Å². The first-order chi connectivity index (χ1) is 9.15. The smallest absolute Gasteiger partial charge is 0.0608 e. The van der Waals surface area contributed by atoms with Gasteiger partial charge in [0, 0.05) is 20.3 Å². The quantitative estimate of drug-likeness (QED) is 0.654. The molecule has 0 spiro atoms. The van der Waals surface area contributed by atoms with Gasteiger partial charge in [-0.15, -0.1) is 0 Å². The van der Waals surface area contributed by atoms with E-state index < -0.39 is 0 Å². The average Bonchev–Trinajstić information content (AvgIpc) is 2.37. The molecule has 19 heavy (non-hydrogen) atoms. The molecule has 3 nitrogen and oxygen atoms in total. The van der Waals surface area contributed by atoms with E-state index in [-0.39, 0.29) is 0 Å². The fourth-order valence-electron chi connectivity index (χ4n) is 3.06. The van der Waals surface area contributed by atoms with E-state index in [2.05, 4.69) is 26.1 Å². The molecule has 0 aromatic heterocycles. The Bertz CT molecular complexity index is 221. The largest absolute Gasteiger partial charge is 0.385 e. The third-order valence-corrected chi connectivity index (χ3v) is 4.27. The molecule has 1 saturated carbocycles. The molecule has 0 aliphatic heterocycles. The standard InChI is InChI=1S/C16H33NO2/c1-13(2)15-7-6-14(3)12-16(15)19-11-9-17-8-5-10-18-4/h13-17H,5-12H2,1-4H3. The fourth-order valence-corrected chi connectivity index (χ4v) is 3.06. The Balaban J connectivity index is 2.14. The van der Waals surface area contributed by atoms with Crippen LogP contribution in [-0.4, -0.2) is 39.5 Å². The molecule has 3 heteroatoms. The summed E-state index contributed by atoms with van der Waals surface area (Å²) < 4.78 is 11.2. The number of methoxy groups -OCH3 is 1. The normalized spacial score (nSPS) is 27.9. The van der Waals surface area contributed by atoms with Gasteiger partial charge >= 0.3 is 0 Å². The minimum Gasteiger partial charge on any atom is -0.385 e. The van der Waals surface area contributed by atoms with E-state index in [1.165, 1.54) is 19.3 Å². The molecule has 1 aliphatic carbocycles. The zero-order chi connectivity index (χ0) is 14.1. The van der Waals surface area contributed by atoms with Gasteiger partial charge in [-0.1, -0.05) is 27.2 Å². The van der Waals surface area contributed by atoms with Gasteiger partial charge in [-0.05, 0) is 43.6 Å². The SMILES string of the molecule is COCCCNCCOC1CC(C)CCC1C(C)C. The summed E-state index contributed by atoms with van der Waals surface area (Å²) in [5.74, 6) is 2.33. The summed E-state index contributed by atoms with van der Waals surface area (Å²) in [6.45, 7) is 10.7. The monoisotopic (exact) mass is 271 g/mol. The van der Waals surface area contributed by atoms with Gasteiger partial charge in [-0.2, -0.15) is 0 Å². The van der Waals surface area contributed by atoms with E-state index >= 15 is 0 Å². The van der Waals surface area contributed by atoms with Crippen molar-refractivity contribution in [3.05, 3.63) is 0 Å². The van der Waals surface area contributed by atoms with E-state index in [0.29, 0.717) is 6.10 Å². The molecular formula is C16H33NO2. The highest BCUT2D eigenvalue weighted by molar-refractivity contribution is 4.81. The molecule has 0 aromatic carbocycles. The van der Waals surface area contributed by atoms with Gasteiger partial charge in [-0.3, -0.25) is 0 Å². The number of rotatable bonds is 9. The van der Waals surface area contributed by atoms with Crippen LogP contribution in [0.2, 0.25) is 0 Å². The molecule has 1 rings (SSSR count). The molecule has 0 radical (unpaired) electrons. The van der Waals surface area contributed by atoms with Crippen molar-refractivity contribution >= 4 is 0 Å². The van der Waals surface area contributed by atoms with Crippen molar-refractivity contribution < 1.29 is 9.47 Å². The van der Waals surface area contributed by atoms with E-state index in [0.717, 1.165) is 50.5 Å². The van der Waals surface area contributed by atoms with Crippen molar-refractivity contribution in [1.82, 2.24) is 5.32 Å². The molecule has 3 unspecified atom stereocenters. The Kier molecular flexibility index (Phi) is 8.67. The summed E-state index contributed by atoms with van der Waals surface area (Å²) in [5, 5.41) is 3.41. The van der Waals surface area contributed by atoms with Crippen LogP contribution < -0.4 is 5.32 Å². The van der Waals surface area contributed by atoms with Crippen LogP contribution in [0.4, 0.5) is 0 Å². The lowest BCUT2D eigenvalue weighted by Crippen LogP contribution is -2.36. The lowest BCUT2D eigenvalue weighted by molar-refractivity contribution is -0.0367. The second kappa shape index (κ2) is 9.73. The van der Waals surface area contributed by atoms with E-state index in [9.17, 15) is 0 Å². The van der Waals surface area contributed by atoms with Crippen molar-refractivity contribution in [2.24, 2.45) is 17.8 Å². The number of nitrogens with one attached hydrogen (secondary N) is 1. The lowest BCUT2D eigenvalue weighted by Gasteiger charge is -2.37. The Morgan fingerprint density at radius 2 is 1.95 bits per heavy atom. The number of hydrogen-bond acceptors (Lipinski definition) is 3. The Morgan fingerprint density at radius 1 is 1.16 bits per heavy atom. The maximum atomic E-state index is 6.14. The van der Waals surface area contributed by atoms with Crippen LogP contribution in [0, 0.1) is 17.8 Å². The van der Waals surface area contributed by atoms with Crippen molar-refractivity contribution in [3.63, 3.8) is 0 Å². The van der Waals surface area contributed by atoms with Crippen LogP contribution in [0.25, 0.3) is 0 Å². The molecule has 1 aliphatic rings. The first kappa shape index (κ1) is 16.9. The molecule has 1 fully saturated rings. The highest BCUT2D eigenvalue weighted by Crippen LogP contribution is 2.35. The third kappa shape index (κ3) is 6.73. The third-order valence-electron chi connectivity index (χ3n) is 4.27. The Morgan fingerprint density at radius 3 is 2.63 bits per heavy atom. The molecule has 0 aromatic rings. The predicted octanol–water partition coefficient (Wildman–Crippen LogP) is 3.09. The van der Waals surface area contributed by atoms with Crippen LogP contribution in [0.15, 0.2) is 0 Å². The summed E-state index contributed by atoms with van der Waals surface area (Å²) in [4.78, 5) is 0. The first-order valence-electron chi connectivity index (χ1n) is 7.96. The summed E-state index contributed by atoms with van der Waals surface area (Å²) in [7, 11) is 1.75. The van der Waals surface area contributed by atoms with Gasteiger partial charge < -0.3 is 14.8 Å². The van der Waals surface area contributed by atoms with Gasteiger partial charge in [0.1, 0.15) is 0 Å². The van der Waals surface area contributed by atoms with E-state index in [1.807, 2.05) is 0 Å². The minimum absolute atomic E-state index is 0.476. The summed E-state index contributed by atoms with van der Waals surface area (Å²) >= 11 is 0. The molecule has 0 saturated heterocycles. The fraction of sp³-hybridized carbons (Fsp3) is 1.00. The Hall–Kier alpha value is -0.120. The van der Waals surface area contributed by atoms with Gasteiger partial charge in [-0.25, -0.2) is 0 Å². The maximum Gasteiger partial charge on any atom is 0.0608 e. The topological polar surface area (TPSA) is 30.5 Å². The summed E-state index contributed by atoms with van der Waals surface area (Å²) in [6, 6.07) is 0. The van der Waals surface area contributed by atoms with Crippen molar-refractivity contribution in [1.29, 1.82) is 0 Å². The number of ether oxygens (including phenoxy) is 2. The highest BCUT2D eigenvalue weighted by Gasteiger charge is 2.31. The summed E-state index contributed by atoms with van der Waals surface area (Å²) in [5.41, 5.74) is 0. The second-order valence-corrected chi connectivity index (χ2v) is 6.33. The average molecular weight is 271 g/mol. The molecule has 3 atom stereocenters. The van der Waals surface area contributed by atoms with E-state index in [1.54, 1.807) is 7.11 Å². The maximum absolute atomic E-state index is 6.14. The molecule has 1 N–H and O–H groups in total. The van der Waals surface area contributed by atoms with Gasteiger partial charge in [0.2, 0.25) is 0 Å². The van der Waals surface area contributed by atoms with Crippen LogP contribution in [0.5, 0.6) is 0 Å². The molecule has 0 heterocycles. The molecular weight excluding hydrogens is 238 g/mol. The van der Waals surface area contributed by atoms with Gasteiger partial charge in [0.15, 0.2) is 0 Å². The van der Waals surface area contributed by atoms with Crippen LogP contribution in [0.1, 0.15) is 46.5 Å². The minimum atomic E-state index is 0.476. The van der Waals surface area contributed by atoms with Crippen molar-refractivity contribution in [2.45, 2.75) is 52.6 Å². The van der Waals surface area contributed by atoms with Gasteiger partial charge in [0.05, 0.1) is 12.7 Å². The predicted molar refractivity (Wildman–Crippen MR) is 80.4 cm³/mol. The van der Waals surface area contributed by atoms with Gasteiger partial charge in [0.25, 0.3) is 0 Å². The molecule has 114 valence electrons. The van der Waals surface area contributed by atoms with Crippen molar-refractivity contribution in [2.75, 3.05) is 33.4 Å². The van der Waals surface area contributed by atoms with Crippen LogP contribution >= 0.6 is 0 Å². The molecule has 0 amide bonds. The van der Waals surface area contributed by atoms with Crippen molar-refractivity contribution in [3.8, 4) is 0 Å². The van der Waals surface area contributed by atoms with E-state index in [4.69, 9.17) is 9.47 Å². The second-order valence-electron chi connectivity index (χ2n) is 6.33. The zero-order valence-corrected chi connectivity index (χ0v) is 13.3. The summed E-state index contributed by atoms with van der Waals surface area (Å²) in [6.07, 6.45) is 5.51. The van der Waals surface area contributed by atoms with Crippen LogP contribution in [0.3, 0.4) is 0 Å².